The highest BCUT2D eigenvalue weighted by atomic mass is 16.2. The molecule has 0 aromatic heterocycles. The van der Waals surface area contributed by atoms with Gasteiger partial charge in [-0.05, 0) is 44.5 Å². The summed E-state index contributed by atoms with van der Waals surface area (Å²) in [7, 11) is 2.10. The second-order valence-electron chi connectivity index (χ2n) is 7.04. The standard InChI is InChI=1S/C19H29N3O2/c1-14(2)18(19(24)20-16-9-11-22(3)12-10-16)21-17(23)13-15-7-5-4-6-8-15/h4-8,14,16,18H,9-13H2,1-3H3,(H,20,24)(H,21,23). The number of benzene rings is 1. The van der Waals surface area contributed by atoms with Gasteiger partial charge in [-0.3, -0.25) is 9.59 Å². The maximum Gasteiger partial charge on any atom is 0.243 e. The molecule has 132 valence electrons. The van der Waals surface area contributed by atoms with Crippen LogP contribution in [-0.2, 0) is 16.0 Å². The smallest absolute Gasteiger partial charge is 0.243 e. The quantitative estimate of drug-likeness (QED) is 0.832. The van der Waals surface area contributed by atoms with Gasteiger partial charge in [-0.15, -0.1) is 0 Å². The summed E-state index contributed by atoms with van der Waals surface area (Å²) in [6.07, 6.45) is 2.22. The SMILES string of the molecule is CC(C)C(NC(=O)Cc1ccccc1)C(=O)NC1CCN(C)CC1. The maximum atomic E-state index is 12.6. The number of carbonyl (C=O) groups is 2. The molecule has 0 aliphatic carbocycles. The van der Waals surface area contributed by atoms with Gasteiger partial charge in [0.15, 0.2) is 0 Å². The number of hydrogen-bond donors (Lipinski definition) is 2. The molecular formula is C19H29N3O2. The Bertz CT molecular complexity index is 537. The Morgan fingerprint density at radius 1 is 1.17 bits per heavy atom. The minimum atomic E-state index is -0.485. The highest BCUT2D eigenvalue weighted by molar-refractivity contribution is 5.88. The van der Waals surface area contributed by atoms with Crippen LogP contribution in [0.1, 0.15) is 32.3 Å². The molecule has 0 bridgehead atoms. The van der Waals surface area contributed by atoms with Crippen LogP contribution in [0.15, 0.2) is 30.3 Å². The van der Waals surface area contributed by atoms with Crippen LogP contribution in [-0.4, -0.2) is 48.9 Å². The largest absolute Gasteiger partial charge is 0.351 e. The van der Waals surface area contributed by atoms with Crippen LogP contribution in [0.2, 0.25) is 0 Å². The van der Waals surface area contributed by atoms with Crippen molar-refractivity contribution in [2.75, 3.05) is 20.1 Å². The molecule has 0 saturated carbocycles. The molecule has 1 unspecified atom stereocenters. The van der Waals surface area contributed by atoms with E-state index >= 15 is 0 Å². The average Bonchev–Trinajstić information content (AvgIpc) is 2.55. The van der Waals surface area contributed by atoms with Gasteiger partial charge in [-0.2, -0.15) is 0 Å². The number of likely N-dealkylation sites (tertiary alicyclic amines) is 1. The molecule has 0 spiro atoms. The van der Waals surface area contributed by atoms with E-state index in [1.165, 1.54) is 0 Å². The van der Waals surface area contributed by atoms with Gasteiger partial charge in [0.25, 0.3) is 0 Å². The van der Waals surface area contributed by atoms with Crippen molar-refractivity contribution >= 4 is 11.8 Å². The molecule has 0 radical (unpaired) electrons. The summed E-state index contributed by atoms with van der Waals surface area (Å²) >= 11 is 0. The normalized spacial score (nSPS) is 17.5. The topological polar surface area (TPSA) is 61.4 Å². The molecule has 1 aromatic carbocycles. The van der Waals surface area contributed by atoms with E-state index < -0.39 is 6.04 Å². The van der Waals surface area contributed by atoms with Crippen molar-refractivity contribution in [1.29, 1.82) is 0 Å². The van der Waals surface area contributed by atoms with E-state index in [-0.39, 0.29) is 23.8 Å². The maximum absolute atomic E-state index is 12.6. The van der Waals surface area contributed by atoms with Crippen LogP contribution in [0, 0.1) is 5.92 Å². The van der Waals surface area contributed by atoms with Crippen LogP contribution >= 0.6 is 0 Å². The third-order valence-corrected chi connectivity index (χ3v) is 4.54. The second kappa shape index (κ2) is 8.83. The van der Waals surface area contributed by atoms with Crippen LogP contribution in [0.3, 0.4) is 0 Å². The van der Waals surface area contributed by atoms with E-state index in [1.54, 1.807) is 0 Å². The molecule has 1 aliphatic rings. The summed E-state index contributed by atoms with van der Waals surface area (Å²) < 4.78 is 0. The van der Waals surface area contributed by atoms with Gasteiger partial charge < -0.3 is 15.5 Å². The molecule has 5 heteroatoms. The van der Waals surface area contributed by atoms with Gasteiger partial charge in [0, 0.05) is 6.04 Å². The number of piperidine rings is 1. The molecule has 1 heterocycles. The van der Waals surface area contributed by atoms with Crippen LogP contribution in [0.5, 0.6) is 0 Å². The monoisotopic (exact) mass is 331 g/mol. The summed E-state index contributed by atoms with van der Waals surface area (Å²) in [5.41, 5.74) is 0.952. The minimum absolute atomic E-state index is 0.0518. The molecular weight excluding hydrogens is 302 g/mol. The third kappa shape index (κ3) is 5.64. The predicted molar refractivity (Wildman–Crippen MR) is 95.6 cm³/mol. The predicted octanol–water partition coefficient (Wildman–Crippen LogP) is 1.58. The Morgan fingerprint density at radius 3 is 2.38 bits per heavy atom. The van der Waals surface area contributed by atoms with E-state index in [2.05, 4.69) is 22.6 Å². The fourth-order valence-corrected chi connectivity index (χ4v) is 2.98. The lowest BCUT2D eigenvalue weighted by Gasteiger charge is -2.31. The highest BCUT2D eigenvalue weighted by Crippen LogP contribution is 2.10. The zero-order valence-corrected chi connectivity index (χ0v) is 14.9. The van der Waals surface area contributed by atoms with Gasteiger partial charge in [0.05, 0.1) is 6.42 Å². The Morgan fingerprint density at radius 2 is 1.79 bits per heavy atom. The van der Waals surface area contributed by atoms with Gasteiger partial charge in [0.1, 0.15) is 6.04 Å². The summed E-state index contributed by atoms with van der Waals surface area (Å²) in [6.45, 7) is 5.92. The first-order chi connectivity index (χ1) is 11.5. The van der Waals surface area contributed by atoms with Gasteiger partial charge in [-0.25, -0.2) is 0 Å². The van der Waals surface area contributed by atoms with Crippen LogP contribution in [0.25, 0.3) is 0 Å². The third-order valence-electron chi connectivity index (χ3n) is 4.54. The van der Waals surface area contributed by atoms with Gasteiger partial charge in [0.2, 0.25) is 11.8 Å². The first kappa shape index (κ1) is 18.5. The van der Waals surface area contributed by atoms with Crippen LogP contribution < -0.4 is 10.6 Å². The molecule has 2 N–H and O–H groups in total. The highest BCUT2D eigenvalue weighted by Gasteiger charge is 2.27. The average molecular weight is 331 g/mol. The number of amides is 2. The van der Waals surface area contributed by atoms with E-state index in [9.17, 15) is 9.59 Å². The molecule has 5 nitrogen and oxygen atoms in total. The Hall–Kier alpha value is -1.88. The number of hydrogen-bond acceptors (Lipinski definition) is 3. The van der Waals surface area contributed by atoms with Crippen molar-refractivity contribution in [2.45, 2.75) is 45.2 Å². The zero-order chi connectivity index (χ0) is 17.5. The summed E-state index contributed by atoms with van der Waals surface area (Å²) in [5, 5.41) is 6.01. The molecule has 1 atom stereocenters. The van der Waals surface area contributed by atoms with Crippen molar-refractivity contribution in [2.24, 2.45) is 5.92 Å². The minimum Gasteiger partial charge on any atom is -0.351 e. The second-order valence-corrected chi connectivity index (χ2v) is 7.04. The lowest BCUT2D eigenvalue weighted by atomic mass is 10.0. The number of carbonyl (C=O) groups excluding carboxylic acids is 2. The first-order valence-corrected chi connectivity index (χ1v) is 8.78. The molecule has 1 aromatic rings. The van der Waals surface area contributed by atoms with E-state index in [0.717, 1.165) is 31.5 Å². The number of nitrogens with one attached hydrogen (secondary N) is 2. The summed E-state index contributed by atoms with van der Waals surface area (Å²) in [6, 6.07) is 9.31. The van der Waals surface area contributed by atoms with E-state index in [1.807, 2.05) is 44.2 Å². The van der Waals surface area contributed by atoms with Crippen molar-refractivity contribution < 1.29 is 9.59 Å². The number of nitrogens with zero attached hydrogens (tertiary/aromatic N) is 1. The van der Waals surface area contributed by atoms with Crippen molar-refractivity contribution in [3.63, 3.8) is 0 Å². The summed E-state index contributed by atoms with van der Waals surface area (Å²) in [5.74, 6) is -0.129. The molecule has 24 heavy (non-hydrogen) atoms. The molecule has 2 amide bonds. The molecule has 1 aliphatic heterocycles. The molecule has 2 rings (SSSR count). The molecule has 1 fully saturated rings. The first-order valence-electron chi connectivity index (χ1n) is 8.78. The van der Waals surface area contributed by atoms with Crippen LogP contribution in [0.4, 0.5) is 0 Å². The fraction of sp³-hybridized carbons (Fsp3) is 0.579. The lowest BCUT2D eigenvalue weighted by molar-refractivity contribution is -0.130. The van der Waals surface area contributed by atoms with Gasteiger partial charge in [-0.1, -0.05) is 44.2 Å². The lowest BCUT2D eigenvalue weighted by Crippen LogP contribution is -2.54. The van der Waals surface area contributed by atoms with Crippen molar-refractivity contribution in [3.8, 4) is 0 Å². The summed E-state index contributed by atoms with van der Waals surface area (Å²) in [4.78, 5) is 27.1. The van der Waals surface area contributed by atoms with E-state index in [4.69, 9.17) is 0 Å². The molecule has 1 saturated heterocycles. The van der Waals surface area contributed by atoms with Crippen molar-refractivity contribution in [3.05, 3.63) is 35.9 Å². The van der Waals surface area contributed by atoms with Gasteiger partial charge >= 0.3 is 0 Å². The zero-order valence-electron chi connectivity index (χ0n) is 14.9. The fourth-order valence-electron chi connectivity index (χ4n) is 2.98. The Kier molecular flexibility index (Phi) is 6.79. The van der Waals surface area contributed by atoms with E-state index in [0.29, 0.717) is 6.42 Å². The Balaban J connectivity index is 1.88. The van der Waals surface area contributed by atoms with Crippen molar-refractivity contribution in [1.82, 2.24) is 15.5 Å². The Labute approximate surface area is 144 Å². The number of rotatable bonds is 6.